The summed E-state index contributed by atoms with van der Waals surface area (Å²) in [7, 11) is 1.56. The lowest BCUT2D eigenvalue weighted by atomic mass is 10.1. The summed E-state index contributed by atoms with van der Waals surface area (Å²) in [5, 5.41) is 22.5. The highest BCUT2D eigenvalue weighted by atomic mass is 16.4. The molecule has 0 aliphatic rings. The predicted octanol–water partition coefficient (Wildman–Crippen LogP) is 1.28. The summed E-state index contributed by atoms with van der Waals surface area (Å²) in [5.74, 6) is -1.57. The van der Waals surface area contributed by atoms with Gasteiger partial charge in [0, 0.05) is 7.05 Å². The van der Waals surface area contributed by atoms with Crippen LogP contribution in [0.4, 0.5) is 11.4 Å². The zero-order valence-electron chi connectivity index (χ0n) is 9.15. The zero-order chi connectivity index (χ0) is 12.8. The van der Waals surface area contributed by atoms with Gasteiger partial charge in [0.2, 0.25) is 5.91 Å². The molecule has 0 aliphatic carbocycles. The van der Waals surface area contributed by atoms with Crippen molar-refractivity contribution in [1.29, 1.82) is 5.26 Å². The van der Waals surface area contributed by atoms with Crippen LogP contribution in [0, 0.1) is 11.3 Å². The third kappa shape index (κ3) is 2.95. The van der Waals surface area contributed by atoms with Gasteiger partial charge in [0.1, 0.15) is 6.42 Å². The maximum Gasteiger partial charge on any atom is 0.337 e. The summed E-state index contributed by atoms with van der Waals surface area (Å²) in [6.45, 7) is 0. The summed E-state index contributed by atoms with van der Waals surface area (Å²) in [6.07, 6.45) is -0.277. The fraction of sp³-hybridized carbons (Fsp3) is 0.182. The van der Waals surface area contributed by atoms with Crippen LogP contribution in [-0.2, 0) is 4.79 Å². The van der Waals surface area contributed by atoms with Crippen molar-refractivity contribution in [2.45, 2.75) is 6.42 Å². The molecule has 0 fully saturated rings. The van der Waals surface area contributed by atoms with Crippen molar-refractivity contribution in [1.82, 2.24) is 0 Å². The Kier molecular flexibility index (Phi) is 4.06. The number of anilines is 2. The lowest BCUT2D eigenvalue weighted by Gasteiger charge is -2.12. The molecule has 3 N–H and O–H groups in total. The molecule has 1 amide bonds. The number of hydrogen-bond donors (Lipinski definition) is 3. The van der Waals surface area contributed by atoms with Gasteiger partial charge in [-0.05, 0) is 12.1 Å². The number of nitrogens with one attached hydrogen (secondary N) is 2. The van der Waals surface area contributed by atoms with Crippen LogP contribution in [0.3, 0.4) is 0 Å². The van der Waals surface area contributed by atoms with Crippen LogP contribution >= 0.6 is 0 Å². The maximum absolute atomic E-state index is 11.3. The van der Waals surface area contributed by atoms with Crippen LogP contribution in [0.1, 0.15) is 16.8 Å². The average Bonchev–Trinajstić information content (AvgIpc) is 2.28. The minimum Gasteiger partial charge on any atom is -0.478 e. The van der Waals surface area contributed by atoms with Gasteiger partial charge in [0.25, 0.3) is 0 Å². The molecule has 1 aromatic carbocycles. The first-order valence-corrected chi connectivity index (χ1v) is 4.81. The molecule has 1 rings (SSSR count). The first-order chi connectivity index (χ1) is 8.10. The number of carboxylic acid groups (broad SMARTS) is 1. The largest absolute Gasteiger partial charge is 0.478 e. The zero-order valence-corrected chi connectivity index (χ0v) is 9.15. The van der Waals surface area contributed by atoms with E-state index in [2.05, 4.69) is 10.6 Å². The molecule has 17 heavy (non-hydrogen) atoms. The summed E-state index contributed by atoms with van der Waals surface area (Å²) in [6, 6.07) is 6.22. The fourth-order valence-electron chi connectivity index (χ4n) is 1.37. The number of para-hydroxylation sites is 1. The van der Waals surface area contributed by atoms with Gasteiger partial charge in [-0.2, -0.15) is 5.26 Å². The number of carboxylic acids is 1. The predicted molar refractivity (Wildman–Crippen MR) is 61.8 cm³/mol. The quantitative estimate of drug-likeness (QED) is 0.726. The lowest BCUT2D eigenvalue weighted by Crippen LogP contribution is -2.13. The molecule has 0 heterocycles. The Morgan fingerprint density at radius 3 is 2.71 bits per heavy atom. The van der Waals surface area contributed by atoms with E-state index in [0.29, 0.717) is 11.4 Å². The summed E-state index contributed by atoms with van der Waals surface area (Å²) in [4.78, 5) is 22.2. The van der Waals surface area contributed by atoms with Crippen molar-refractivity contribution >= 4 is 23.3 Å². The molecule has 0 spiro atoms. The topological polar surface area (TPSA) is 102 Å². The Labute approximate surface area is 97.9 Å². The highest BCUT2D eigenvalue weighted by Gasteiger charge is 2.14. The van der Waals surface area contributed by atoms with E-state index in [-0.39, 0.29) is 12.0 Å². The van der Waals surface area contributed by atoms with E-state index in [1.54, 1.807) is 19.2 Å². The number of aromatic carboxylic acids is 1. The molecular formula is C11H11N3O3. The molecule has 6 nitrogen and oxygen atoms in total. The Balaban J connectivity index is 3.08. The SMILES string of the molecule is CNc1c(NC(=O)CC#N)cccc1C(=O)O. The lowest BCUT2D eigenvalue weighted by molar-refractivity contribution is -0.115. The van der Waals surface area contributed by atoms with Gasteiger partial charge in [-0.1, -0.05) is 6.07 Å². The molecule has 0 unspecified atom stereocenters. The van der Waals surface area contributed by atoms with E-state index in [1.807, 2.05) is 0 Å². The molecule has 0 bridgehead atoms. The number of nitriles is 1. The van der Waals surface area contributed by atoms with Crippen LogP contribution in [0.25, 0.3) is 0 Å². The Hall–Kier alpha value is -2.55. The Morgan fingerprint density at radius 1 is 1.47 bits per heavy atom. The minimum atomic E-state index is -1.09. The second kappa shape index (κ2) is 5.51. The van der Waals surface area contributed by atoms with E-state index in [1.165, 1.54) is 12.1 Å². The van der Waals surface area contributed by atoms with Gasteiger partial charge in [0.05, 0.1) is 23.0 Å². The fourth-order valence-corrected chi connectivity index (χ4v) is 1.37. The monoisotopic (exact) mass is 233 g/mol. The van der Waals surface area contributed by atoms with E-state index < -0.39 is 11.9 Å². The summed E-state index contributed by atoms with van der Waals surface area (Å²) >= 11 is 0. The molecule has 0 radical (unpaired) electrons. The summed E-state index contributed by atoms with van der Waals surface area (Å²) in [5.41, 5.74) is 0.709. The van der Waals surface area contributed by atoms with Gasteiger partial charge in [-0.25, -0.2) is 4.79 Å². The van der Waals surface area contributed by atoms with Gasteiger partial charge >= 0.3 is 5.97 Å². The Bertz CT molecular complexity index is 491. The molecule has 0 aromatic heterocycles. The molecule has 88 valence electrons. The highest BCUT2D eigenvalue weighted by Crippen LogP contribution is 2.25. The number of rotatable bonds is 4. The van der Waals surface area contributed by atoms with Crippen molar-refractivity contribution < 1.29 is 14.7 Å². The molecule has 0 atom stereocenters. The number of carbonyl (C=O) groups is 2. The van der Waals surface area contributed by atoms with Crippen molar-refractivity contribution in [3.63, 3.8) is 0 Å². The van der Waals surface area contributed by atoms with Crippen LogP contribution < -0.4 is 10.6 Å². The van der Waals surface area contributed by atoms with Gasteiger partial charge in [0.15, 0.2) is 0 Å². The average molecular weight is 233 g/mol. The second-order valence-electron chi connectivity index (χ2n) is 3.17. The van der Waals surface area contributed by atoms with Crippen molar-refractivity contribution in [3.05, 3.63) is 23.8 Å². The molecule has 6 heteroatoms. The van der Waals surface area contributed by atoms with Crippen LogP contribution in [0.2, 0.25) is 0 Å². The van der Waals surface area contributed by atoms with Crippen molar-refractivity contribution in [3.8, 4) is 6.07 Å². The third-order valence-electron chi connectivity index (χ3n) is 2.06. The summed E-state index contributed by atoms with van der Waals surface area (Å²) < 4.78 is 0. The van der Waals surface area contributed by atoms with Gasteiger partial charge in [-0.3, -0.25) is 4.79 Å². The maximum atomic E-state index is 11.3. The normalized spacial score (nSPS) is 9.18. The number of hydrogen-bond acceptors (Lipinski definition) is 4. The van der Waals surface area contributed by atoms with E-state index in [4.69, 9.17) is 10.4 Å². The van der Waals surface area contributed by atoms with E-state index >= 15 is 0 Å². The van der Waals surface area contributed by atoms with Gasteiger partial charge < -0.3 is 15.7 Å². The smallest absolute Gasteiger partial charge is 0.337 e. The van der Waals surface area contributed by atoms with Crippen molar-refractivity contribution in [2.24, 2.45) is 0 Å². The van der Waals surface area contributed by atoms with Crippen molar-refractivity contribution in [2.75, 3.05) is 17.7 Å². The first kappa shape index (κ1) is 12.5. The van der Waals surface area contributed by atoms with E-state index in [9.17, 15) is 9.59 Å². The molecule has 1 aromatic rings. The number of benzene rings is 1. The number of nitrogens with zero attached hydrogens (tertiary/aromatic N) is 1. The number of amides is 1. The molecule has 0 aliphatic heterocycles. The third-order valence-corrected chi connectivity index (χ3v) is 2.06. The molecule has 0 saturated heterocycles. The Morgan fingerprint density at radius 2 is 2.18 bits per heavy atom. The standard InChI is InChI=1S/C11H11N3O3/c1-13-10-7(11(16)17)3-2-4-8(10)14-9(15)5-6-12/h2-4,13H,5H2,1H3,(H,14,15)(H,16,17). The first-order valence-electron chi connectivity index (χ1n) is 4.81. The minimum absolute atomic E-state index is 0.0576. The van der Waals surface area contributed by atoms with Crippen LogP contribution in [0.15, 0.2) is 18.2 Å². The van der Waals surface area contributed by atoms with E-state index in [0.717, 1.165) is 0 Å². The van der Waals surface area contributed by atoms with Gasteiger partial charge in [-0.15, -0.1) is 0 Å². The number of carbonyl (C=O) groups excluding carboxylic acids is 1. The molecule has 0 saturated carbocycles. The highest BCUT2D eigenvalue weighted by molar-refractivity contribution is 6.02. The van der Waals surface area contributed by atoms with Crippen LogP contribution in [0.5, 0.6) is 0 Å². The van der Waals surface area contributed by atoms with Crippen LogP contribution in [-0.4, -0.2) is 24.0 Å². The molecular weight excluding hydrogens is 222 g/mol. The second-order valence-corrected chi connectivity index (χ2v) is 3.17.